The van der Waals surface area contributed by atoms with E-state index in [1.165, 1.54) is 24.3 Å². The highest BCUT2D eigenvalue weighted by Gasteiger charge is 2.40. The molecule has 174 valence electrons. The molecule has 2 heterocycles. The number of alkyl halides is 3. The minimum absolute atomic E-state index is 0.111. The van der Waals surface area contributed by atoms with Crippen LogP contribution in [0.2, 0.25) is 5.02 Å². The fourth-order valence-corrected chi connectivity index (χ4v) is 4.44. The summed E-state index contributed by atoms with van der Waals surface area (Å²) >= 11 is 6.56. The van der Waals surface area contributed by atoms with Crippen molar-refractivity contribution < 1.29 is 42.7 Å². The summed E-state index contributed by atoms with van der Waals surface area (Å²) in [6.07, 6.45) is -7.61. The lowest BCUT2D eigenvalue weighted by molar-refractivity contribution is -0.274. The fourth-order valence-electron chi connectivity index (χ4n) is 4.15. The van der Waals surface area contributed by atoms with Gasteiger partial charge in [0.1, 0.15) is 23.7 Å². The summed E-state index contributed by atoms with van der Waals surface area (Å²) in [5.74, 6) is 0.140. The van der Waals surface area contributed by atoms with Crippen LogP contribution in [-0.2, 0) is 17.6 Å². The first-order valence-corrected chi connectivity index (χ1v) is 10.5. The first kappa shape index (κ1) is 23.1. The molecule has 2 unspecified atom stereocenters. The van der Waals surface area contributed by atoms with Crippen LogP contribution in [0.4, 0.5) is 13.2 Å². The average Bonchev–Trinajstić information content (AvgIpc) is 3.23. The Morgan fingerprint density at radius 1 is 1.16 bits per heavy atom. The Balaban J connectivity index is 1.65. The molecule has 10 heteroatoms. The molecule has 0 aromatic heterocycles. The van der Waals surface area contributed by atoms with Crippen LogP contribution in [0.5, 0.6) is 11.5 Å². The van der Waals surface area contributed by atoms with Crippen molar-refractivity contribution in [3.63, 3.8) is 0 Å². The van der Waals surface area contributed by atoms with Crippen LogP contribution in [0.1, 0.15) is 34.8 Å². The fraction of sp³-hybridized carbons (Fsp3) is 0.455. The van der Waals surface area contributed by atoms with E-state index in [1.54, 1.807) is 6.07 Å². The van der Waals surface area contributed by atoms with Crippen LogP contribution in [0, 0.1) is 0 Å². The van der Waals surface area contributed by atoms with Crippen molar-refractivity contribution in [1.82, 2.24) is 0 Å². The van der Waals surface area contributed by atoms with Crippen molar-refractivity contribution in [2.24, 2.45) is 0 Å². The largest absolute Gasteiger partial charge is 0.573 e. The van der Waals surface area contributed by atoms with Crippen LogP contribution < -0.4 is 9.47 Å². The lowest BCUT2D eigenvalue weighted by Crippen LogP contribution is -2.44. The molecule has 2 aromatic rings. The predicted molar refractivity (Wildman–Crippen MR) is 108 cm³/mol. The standard InChI is InChI=1S/C22H22ClF3O6/c23-18-12(7-11-1-3-13(4-2-11)32-22(24,25)26)8-16(15-5-6-30-20(15)18)21-19(29)17(28)9-14(10-27)31-21/h1-4,8,14,17,19,21,27-29H,5-7,9-10H2/t14?,17-,19?,21-/m0/s1. The lowest BCUT2D eigenvalue weighted by atomic mass is 9.88. The number of aliphatic hydroxyl groups excluding tert-OH is 3. The Bertz CT molecular complexity index is 966. The van der Waals surface area contributed by atoms with Gasteiger partial charge in [0.15, 0.2) is 0 Å². The maximum atomic E-state index is 12.4. The highest BCUT2D eigenvalue weighted by Crippen LogP contribution is 2.44. The topological polar surface area (TPSA) is 88.4 Å². The van der Waals surface area contributed by atoms with E-state index in [0.717, 1.165) is 5.56 Å². The first-order valence-electron chi connectivity index (χ1n) is 10.1. The van der Waals surface area contributed by atoms with Crippen LogP contribution in [0.15, 0.2) is 30.3 Å². The second-order valence-corrected chi connectivity index (χ2v) is 8.25. The molecule has 6 nitrogen and oxygen atoms in total. The van der Waals surface area contributed by atoms with Crippen molar-refractivity contribution in [2.75, 3.05) is 13.2 Å². The first-order chi connectivity index (χ1) is 15.2. The van der Waals surface area contributed by atoms with E-state index in [1.807, 2.05) is 0 Å². The third-order valence-electron chi connectivity index (χ3n) is 5.64. The molecule has 4 rings (SSSR count). The molecule has 0 radical (unpaired) electrons. The van der Waals surface area contributed by atoms with E-state index in [4.69, 9.17) is 21.1 Å². The molecule has 0 amide bonds. The van der Waals surface area contributed by atoms with E-state index in [0.29, 0.717) is 40.5 Å². The highest BCUT2D eigenvalue weighted by atomic mass is 35.5. The molecule has 0 bridgehead atoms. The Morgan fingerprint density at radius 3 is 2.53 bits per heavy atom. The van der Waals surface area contributed by atoms with Gasteiger partial charge in [0, 0.05) is 18.4 Å². The van der Waals surface area contributed by atoms with Crippen LogP contribution in [-0.4, -0.2) is 53.2 Å². The monoisotopic (exact) mass is 474 g/mol. The second-order valence-electron chi connectivity index (χ2n) is 7.87. The zero-order valence-electron chi connectivity index (χ0n) is 16.8. The molecule has 1 saturated heterocycles. The summed E-state index contributed by atoms with van der Waals surface area (Å²) in [7, 11) is 0. The maximum Gasteiger partial charge on any atom is 0.573 e. The van der Waals surface area contributed by atoms with Crippen LogP contribution in [0.3, 0.4) is 0 Å². The third kappa shape index (κ3) is 4.82. The minimum Gasteiger partial charge on any atom is -0.491 e. The van der Waals surface area contributed by atoms with Gasteiger partial charge >= 0.3 is 6.36 Å². The van der Waals surface area contributed by atoms with Crippen molar-refractivity contribution >= 4 is 11.6 Å². The van der Waals surface area contributed by atoms with Crippen LogP contribution in [0.25, 0.3) is 0 Å². The molecule has 2 aliphatic rings. The zero-order valence-corrected chi connectivity index (χ0v) is 17.6. The smallest absolute Gasteiger partial charge is 0.491 e. The molecular weight excluding hydrogens is 453 g/mol. The summed E-state index contributed by atoms with van der Waals surface area (Å²) < 4.78 is 52.6. The van der Waals surface area contributed by atoms with Gasteiger partial charge in [0.2, 0.25) is 0 Å². The summed E-state index contributed by atoms with van der Waals surface area (Å²) in [4.78, 5) is 0. The summed E-state index contributed by atoms with van der Waals surface area (Å²) in [6, 6.07) is 7.21. The molecule has 32 heavy (non-hydrogen) atoms. The number of ether oxygens (including phenoxy) is 3. The quantitative estimate of drug-likeness (QED) is 0.616. The number of halogens is 4. The zero-order chi connectivity index (χ0) is 23.0. The molecule has 4 atom stereocenters. The molecule has 2 aliphatic heterocycles. The van der Waals surface area contributed by atoms with Gasteiger partial charge in [-0.1, -0.05) is 29.8 Å². The number of fused-ring (bicyclic) bond motifs is 1. The lowest BCUT2D eigenvalue weighted by Gasteiger charge is -2.37. The number of hydrogen-bond acceptors (Lipinski definition) is 6. The Labute approximate surface area is 187 Å². The Kier molecular flexibility index (Phi) is 6.56. The number of benzene rings is 2. The van der Waals surface area contributed by atoms with E-state index >= 15 is 0 Å². The summed E-state index contributed by atoms with van der Waals surface area (Å²) in [5, 5.41) is 30.7. The van der Waals surface area contributed by atoms with E-state index in [-0.39, 0.29) is 25.2 Å². The molecule has 0 spiro atoms. The van der Waals surface area contributed by atoms with Gasteiger partial charge in [-0.15, -0.1) is 13.2 Å². The van der Waals surface area contributed by atoms with Crippen molar-refractivity contribution in [1.29, 1.82) is 0 Å². The highest BCUT2D eigenvalue weighted by molar-refractivity contribution is 6.33. The predicted octanol–water partition coefficient (Wildman–Crippen LogP) is 3.31. The van der Waals surface area contributed by atoms with Gasteiger partial charge in [-0.05, 0) is 35.2 Å². The molecule has 1 fully saturated rings. The second kappa shape index (κ2) is 9.07. The van der Waals surface area contributed by atoms with Gasteiger partial charge in [-0.2, -0.15) is 0 Å². The van der Waals surface area contributed by atoms with Crippen molar-refractivity contribution in [2.45, 2.75) is 50.0 Å². The maximum absolute atomic E-state index is 12.4. The van der Waals surface area contributed by atoms with Gasteiger partial charge in [0.05, 0.1) is 30.4 Å². The Morgan fingerprint density at radius 2 is 1.88 bits per heavy atom. The molecular formula is C22H22ClF3O6. The number of rotatable bonds is 5. The van der Waals surface area contributed by atoms with Crippen LogP contribution >= 0.6 is 11.6 Å². The van der Waals surface area contributed by atoms with Gasteiger partial charge < -0.3 is 29.5 Å². The van der Waals surface area contributed by atoms with Gasteiger partial charge in [-0.25, -0.2) is 0 Å². The SMILES string of the molecule is OCC1C[C@H](O)C(O)[C@H](c2cc(Cc3ccc(OC(F)(F)F)cc3)c(Cl)c3c2CCO3)O1. The minimum atomic E-state index is -4.77. The van der Waals surface area contributed by atoms with Crippen molar-refractivity contribution in [3.8, 4) is 11.5 Å². The molecule has 0 aliphatic carbocycles. The molecule has 0 saturated carbocycles. The number of aliphatic hydroxyl groups is 3. The average molecular weight is 475 g/mol. The summed E-state index contributed by atoms with van der Waals surface area (Å²) in [6.45, 7) is 0.0928. The summed E-state index contributed by atoms with van der Waals surface area (Å²) in [5.41, 5.74) is 2.69. The molecule has 3 N–H and O–H groups in total. The Hall–Kier alpha value is -2.04. The molecule has 2 aromatic carbocycles. The number of hydrogen-bond donors (Lipinski definition) is 3. The van der Waals surface area contributed by atoms with E-state index in [2.05, 4.69) is 4.74 Å². The normalized spacial score (nSPS) is 25.3. The van der Waals surface area contributed by atoms with Gasteiger partial charge in [0.25, 0.3) is 0 Å². The van der Waals surface area contributed by atoms with Gasteiger partial charge in [-0.3, -0.25) is 0 Å². The van der Waals surface area contributed by atoms with E-state index in [9.17, 15) is 28.5 Å². The third-order valence-corrected chi connectivity index (χ3v) is 6.06. The van der Waals surface area contributed by atoms with E-state index < -0.39 is 30.8 Å². The van der Waals surface area contributed by atoms with Crippen molar-refractivity contribution in [3.05, 3.63) is 57.6 Å².